The van der Waals surface area contributed by atoms with Crippen LogP contribution in [-0.2, 0) is 9.47 Å². The van der Waals surface area contributed by atoms with Gasteiger partial charge in [-0.1, -0.05) is 11.6 Å². The minimum atomic E-state index is -0.480. The van der Waals surface area contributed by atoms with Crippen molar-refractivity contribution in [3.8, 4) is 0 Å². The number of amides is 1. The molecule has 25 heavy (non-hydrogen) atoms. The Balaban J connectivity index is 2.04. The van der Waals surface area contributed by atoms with E-state index in [9.17, 15) is 9.59 Å². The number of ether oxygens (including phenoxy) is 2. The molecule has 0 saturated carbocycles. The number of rotatable bonds is 2. The summed E-state index contributed by atoms with van der Waals surface area (Å²) in [7, 11) is 1.34. The molecule has 1 aromatic rings. The Labute approximate surface area is 148 Å². The van der Waals surface area contributed by atoms with Gasteiger partial charge in [0.15, 0.2) is 0 Å². The monoisotopic (exact) mass is 346 g/mol. The molecule has 0 atom stereocenters. The smallest absolute Gasteiger partial charge is 0.410 e. The van der Waals surface area contributed by atoms with Crippen molar-refractivity contribution in [3.05, 3.63) is 34.7 Å². The van der Waals surface area contributed by atoms with Crippen LogP contribution in [0.2, 0.25) is 0 Å². The number of methoxy groups -OCH3 is 1. The van der Waals surface area contributed by atoms with Crippen molar-refractivity contribution < 1.29 is 19.1 Å². The van der Waals surface area contributed by atoms with E-state index in [1.54, 1.807) is 11.0 Å². The fraction of sp³-hybridized carbons (Fsp3) is 0.526. The van der Waals surface area contributed by atoms with Crippen LogP contribution in [0.4, 0.5) is 4.79 Å². The number of aryl methyl sites for hydroxylation is 1. The molecule has 0 radical (unpaired) electrons. The summed E-state index contributed by atoms with van der Waals surface area (Å²) in [5.74, 6) is -0.442. The molecule has 1 aliphatic heterocycles. The number of hydrogen-bond donors (Lipinski definition) is 0. The molecule has 1 aromatic heterocycles. The highest BCUT2D eigenvalue weighted by atomic mass is 16.6. The van der Waals surface area contributed by atoms with Gasteiger partial charge < -0.3 is 14.4 Å². The van der Waals surface area contributed by atoms with E-state index in [2.05, 4.69) is 11.1 Å². The number of piperidine rings is 1. The second-order valence-corrected chi connectivity index (χ2v) is 7.19. The number of aromatic nitrogens is 1. The minimum Gasteiger partial charge on any atom is -0.464 e. The molecular formula is C19H26N2O4. The molecule has 0 aromatic carbocycles. The Morgan fingerprint density at radius 2 is 1.84 bits per heavy atom. The highest BCUT2D eigenvalue weighted by molar-refractivity contribution is 5.88. The lowest BCUT2D eigenvalue weighted by Crippen LogP contribution is -2.40. The average Bonchev–Trinajstić information content (AvgIpc) is 2.52. The van der Waals surface area contributed by atoms with Crippen molar-refractivity contribution in [2.75, 3.05) is 20.2 Å². The third-order valence-electron chi connectivity index (χ3n) is 3.80. The van der Waals surface area contributed by atoms with Crippen LogP contribution >= 0.6 is 0 Å². The molecule has 0 bridgehead atoms. The fourth-order valence-corrected chi connectivity index (χ4v) is 2.67. The van der Waals surface area contributed by atoms with Crippen LogP contribution in [0.15, 0.2) is 17.7 Å². The summed E-state index contributed by atoms with van der Waals surface area (Å²) in [5, 5.41) is 0. The quantitative estimate of drug-likeness (QED) is 0.766. The fourth-order valence-electron chi connectivity index (χ4n) is 2.67. The molecule has 6 nitrogen and oxygen atoms in total. The average molecular weight is 346 g/mol. The summed E-state index contributed by atoms with van der Waals surface area (Å²) in [6, 6.07) is 3.66. The van der Waals surface area contributed by atoms with Gasteiger partial charge in [0.1, 0.15) is 11.3 Å². The standard InChI is InChI=1S/C19H26N2O4/c1-13-10-15(12-16(20-13)17(22)24-5)11-14-6-8-21(9-7-14)18(23)25-19(2,3)4/h10-12H,6-9H2,1-5H3. The molecule has 1 fully saturated rings. The van der Waals surface area contributed by atoms with Gasteiger partial charge in [-0.15, -0.1) is 0 Å². The largest absolute Gasteiger partial charge is 0.464 e. The maximum absolute atomic E-state index is 12.1. The molecule has 136 valence electrons. The van der Waals surface area contributed by atoms with Crippen molar-refractivity contribution in [2.24, 2.45) is 0 Å². The first-order valence-corrected chi connectivity index (χ1v) is 8.42. The van der Waals surface area contributed by atoms with Crippen molar-refractivity contribution in [1.82, 2.24) is 9.88 Å². The molecule has 1 amide bonds. The van der Waals surface area contributed by atoms with E-state index in [0.717, 1.165) is 24.1 Å². The minimum absolute atomic E-state index is 0.265. The zero-order valence-corrected chi connectivity index (χ0v) is 15.6. The second-order valence-electron chi connectivity index (χ2n) is 7.19. The van der Waals surface area contributed by atoms with Crippen molar-refractivity contribution in [3.63, 3.8) is 0 Å². The molecule has 2 heterocycles. The zero-order valence-electron chi connectivity index (χ0n) is 15.6. The molecule has 6 heteroatoms. The Morgan fingerprint density at radius 3 is 2.40 bits per heavy atom. The predicted molar refractivity (Wildman–Crippen MR) is 95.3 cm³/mol. The van der Waals surface area contributed by atoms with E-state index in [1.807, 2.05) is 33.8 Å². The molecule has 1 aliphatic rings. The summed E-state index contributed by atoms with van der Waals surface area (Å²) in [6.45, 7) is 8.71. The van der Waals surface area contributed by atoms with Crippen LogP contribution in [0.1, 0.15) is 55.4 Å². The van der Waals surface area contributed by atoms with E-state index in [1.165, 1.54) is 12.7 Å². The molecule has 0 aliphatic carbocycles. The highest BCUT2D eigenvalue weighted by Crippen LogP contribution is 2.22. The maximum Gasteiger partial charge on any atom is 0.410 e. The zero-order chi connectivity index (χ0) is 18.6. The third-order valence-corrected chi connectivity index (χ3v) is 3.80. The summed E-state index contributed by atoms with van der Waals surface area (Å²) in [4.78, 5) is 29.7. The summed E-state index contributed by atoms with van der Waals surface area (Å²) >= 11 is 0. The third kappa shape index (κ3) is 5.59. The number of pyridine rings is 1. The topological polar surface area (TPSA) is 68.7 Å². The SMILES string of the molecule is COC(=O)c1cc(C=C2CCN(C(=O)OC(C)(C)C)CC2)cc(C)n1. The lowest BCUT2D eigenvalue weighted by molar-refractivity contribution is 0.0236. The first-order chi connectivity index (χ1) is 11.7. The van der Waals surface area contributed by atoms with Crippen LogP contribution in [0.5, 0.6) is 0 Å². The van der Waals surface area contributed by atoms with E-state index in [4.69, 9.17) is 9.47 Å². The molecule has 2 rings (SSSR count). The van der Waals surface area contributed by atoms with Gasteiger partial charge >= 0.3 is 12.1 Å². The van der Waals surface area contributed by atoms with Gasteiger partial charge in [0.2, 0.25) is 0 Å². The van der Waals surface area contributed by atoms with Gasteiger partial charge in [0.25, 0.3) is 0 Å². The van der Waals surface area contributed by atoms with Gasteiger partial charge in [0.05, 0.1) is 7.11 Å². The Bertz CT molecular complexity index is 679. The number of carbonyl (C=O) groups excluding carboxylic acids is 2. The highest BCUT2D eigenvalue weighted by Gasteiger charge is 2.24. The first-order valence-electron chi connectivity index (χ1n) is 8.42. The Morgan fingerprint density at radius 1 is 1.20 bits per heavy atom. The predicted octanol–water partition coefficient (Wildman–Crippen LogP) is 3.59. The van der Waals surface area contributed by atoms with Crippen molar-refractivity contribution in [2.45, 2.75) is 46.1 Å². The maximum atomic E-state index is 12.1. The lowest BCUT2D eigenvalue weighted by atomic mass is 10.0. The number of esters is 1. The summed E-state index contributed by atoms with van der Waals surface area (Å²) in [6.07, 6.45) is 3.37. The molecule has 0 spiro atoms. The molecule has 0 unspecified atom stereocenters. The van der Waals surface area contributed by atoms with Crippen LogP contribution in [0.3, 0.4) is 0 Å². The van der Waals surface area contributed by atoms with Crippen LogP contribution in [-0.4, -0.2) is 47.7 Å². The summed E-state index contributed by atoms with van der Waals surface area (Å²) < 4.78 is 10.1. The van der Waals surface area contributed by atoms with E-state index < -0.39 is 11.6 Å². The molecular weight excluding hydrogens is 320 g/mol. The van der Waals surface area contributed by atoms with Gasteiger partial charge in [-0.05, 0) is 58.2 Å². The van der Waals surface area contributed by atoms with Crippen LogP contribution in [0.25, 0.3) is 6.08 Å². The Hall–Kier alpha value is -2.37. The summed E-state index contributed by atoms with van der Waals surface area (Å²) in [5.41, 5.74) is 2.75. The second kappa shape index (κ2) is 7.68. The van der Waals surface area contributed by atoms with Gasteiger partial charge in [-0.25, -0.2) is 14.6 Å². The van der Waals surface area contributed by atoms with E-state index in [-0.39, 0.29) is 6.09 Å². The molecule has 0 N–H and O–H groups in total. The normalized spacial score (nSPS) is 14.9. The van der Waals surface area contributed by atoms with Crippen LogP contribution < -0.4 is 0 Å². The van der Waals surface area contributed by atoms with E-state index >= 15 is 0 Å². The Kier molecular flexibility index (Phi) is 5.82. The number of hydrogen-bond acceptors (Lipinski definition) is 5. The number of carbonyl (C=O) groups is 2. The van der Waals surface area contributed by atoms with Gasteiger partial charge in [0, 0.05) is 18.8 Å². The van der Waals surface area contributed by atoms with Crippen molar-refractivity contribution >= 4 is 18.1 Å². The molecule has 1 saturated heterocycles. The van der Waals surface area contributed by atoms with E-state index in [0.29, 0.717) is 18.8 Å². The van der Waals surface area contributed by atoms with Gasteiger partial charge in [-0.3, -0.25) is 0 Å². The van der Waals surface area contributed by atoms with Gasteiger partial charge in [-0.2, -0.15) is 0 Å². The van der Waals surface area contributed by atoms with Crippen LogP contribution in [0, 0.1) is 6.92 Å². The number of likely N-dealkylation sites (tertiary alicyclic amines) is 1. The number of nitrogens with zero attached hydrogens (tertiary/aromatic N) is 2. The lowest BCUT2D eigenvalue weighted by Gasteiger charge is -2.31. The first kappa shape index (κ1) is 19.0. The van der Waals surface area contributed by atoms with Crippen molar-refractivity contribution in [1.29, 1.82) is 0 Å².